The predicted molar refractivity (Wildman–Crippen MR) is 116 cm³/mol. The molecule has 0 fully saturated rings. The quantitative estimate of drug-likeness (QED) is 0.264. The van der Waals surface area contributed by atoms with Crippen molar-refractivity contribution in [1.29, 1.82) is 0 Å². The van der Waals surface area contributed by atoms with E-state index >= 15 is 0 Å². The SMILES string of the molecule is O=C1O/C(=C\c2ccco2)C(c2ccc(O)c(Br)c2)=C1C(=O)c1ccc(O)c(Br)c1. The fourth-order valence-electron chi connectivity index (χ4n) is 2.98. The minimum Gasteiger partial charge on any atom is -0.507 e. The summed E-state index contributed by atoms with van der Waals surface area (Å²) in [5, 5.41) is 19.5. The van der Waals surface area contributed by atoms with Gasteiger partial charge < -0.3 is 19.4 Å². The molecule has 6 nitrogen and oxygen atoms in total. The number of allylic oxidation sites excluding steroid dienone is 1. The highest BCUT2D eigenvalue weighted by Crippen LogP contribution is 2.40. The van der Waals surface area contributed by atoms with Crippen LogP contribution in [0.4, 0.5) is 0 Å². The number of Topliss-reactive ketones (excluding diaryl/α,β-unsaturated/α-hetero) is 1. The van der Waals surface area contributed by atoms with Gasteiger partial charge in [-0.3, -0.25) is 4.79 Å². The maximum atomic E-state index is 13.2. The van der Waals surface area contributed by atoms with Crippen LogP contribution >= 0.6 is 31.9 Å². The number of hydrogen-bond donors (Lipinski definition) is 2. The monoisotopic (exact) mass is 530 g/mol. The van der Waals surface area contributed by atoms with E-state index in [-0.39, 0.29) is 34.0 Å². The highest BCUT2D eigenvalue weighted by atomic mass is 79.9. The second-order valence-electron chi connectivity index (χ2n) is 6.33. The molecule has 2 heterocycles. The summed E-state index contributed by atoms with van der Waals surface area (Å²) in [5.41, 5.74) is 0.792. The van der Waals surface area contributed by atoms with Crippen molar-refractivity contribution in [2.45, 2.75) is 0 Å². The first-order valence-corrected chi connectivity index (χ1v) is 10.2. The third-order valence-corrected chi connectivity index (χ3v) is 5.66. The number of aromatic hydroxyl groups is 2. The van der Waals surface area contributed by atoms with Gasteiger partial charge in [-0.15, -0.1) is 0 Å². The fraction of sp³-hybridized carbons (Fsp3) is 0. The largest absolute Gasteiger partial charge is 0.507 e. The Hall–Kier alpha value is -3.10. The van der Waals surface area contributed by atoms with Crippen LogP contribution in [0.25, 0.3) is 11.6 Å². The Morgan fingerprint density at radius 2 is 1.67 bits per heavy atom. The van der Waals surface area contributed by atoms with Gasteiger partial charge in [-0.25, -0.2) is 4.79 Å². The first-order chi connectivity index (χ1) is 14.3. The van der Waals surface area contributed by atoms with Crippen LogP contribution in [0, 0.1) is 0 Å². The zero-order valence-electron chi connectivity index (χ0n) is 15.1. The van der Waals surface area contributed by atoms with Gasteiger partial charge >= 0.3 is 5.97 Å². The number of benzene rings is 2. The summed E-state index contributed by atoms with van der Waals surface area (Å²) in [4.78, 5) is 26.0. The van der Waals surface area contributed by atoms with Crippen LogP contribution in [0.5, 0.6) is 11.5 Å². The Morgan fingerprint density at radius 1 is 0.967 bits per heavy atom. The van der Waals surface area contributed by atoms with E-state index in [2.05, 4.69) is 31.9 Å². The van der Waals surface area contributed by atoms with E-state index in [1.807, 2.05) is 0 Å². The highest BCUT2D eigenvalue weighted by molar-refractivity contribution is 9.10. The van der Waals surface area contributed by atoms with E-state index in [9.17, 15) is 19.8 Å². The average Bonchev–Trinajstić information content (AvgIpc) is 3.33. The van der Waals surface area contributed by atoms with Crippen LogP contribution in [0.1, 0.15) is 21.7 Å². The number of phenolic OH excluding ortho intramolecular Hbond substituents is 2. The zero-order chi connectivity index (χ0) is 21.4. The molecular formula is C22H12Br2O6. The van der Waals surface area contributed by atoms with Crippen molar-refractivity contribution in [1.82, 2.24) is 0 Å². The molecule has 0 saturated heterocycles. The Morgan fingerprint density at radius 3 is 2.30 bits per heavy atom. The summed E-state index contributed by atoms with van der Waals surface area (Å²) in [6.45, 7) is 0. The molecule has 0 unspecified atom stereocenters. The second-order valence-corrected chi connectivity index (χ2v) is 8.03. The first-order valence-electron chi connectivity index (χ1n) is 8.59. The van der Waals surface area contributed by atoms with Gasteiger partial charge in [-0.1, -0.05) is 6.07 Å². The lowest BCUT2D eigenvalue weighted by Gasteiger charge is -2.08. The summed E-state index contributed by atoms with van der Waals surface area (Å²) in [6.07, 6.45) is 2.99. The van der Waals surface area contributed by atoms with Gasteiger partial charge in [0.15, 0.2) is 0 Å². The summed E-state index contributed by atoms with van der Waals surface area (Å²) in [7, 11) is 0. The van der Waals surface area contributed by atoms with Crippen LogP contribution in [0.3, 0.4) is 0 Å². The maximum Gasteiger partial charge on any atom is 0.348 e. The van der Waals surface area contributed by atoms with E-state index in [4.69, 9.17) is 9.15 Å². The number of furan rings is 1. The molecule has 0 spiro atoms. The van der Waals surface area contributed by atoms with Crippen molar-refractivity contribution < 1.29 is 29.0 Å². The van der Waals surface area contributed by atoms with Gasteiger partial charge in [0.1, 0.15) is 28.6 Å². The summed E-state index contributed by atoms with van der Waals surface area (Å²) in [6, 6.07) is 12.2. The number of hydrogen-bond acceptors (Lipinski definition) is 6. The van der Waals surface area contributed by atoms with Gasteiger partial charge in [0.2, 0.25) is 5.78 Å². The molecule has 1 aromatic heterocycles. The number of halogens is 2. The van der Waals surface area contributed by atoms with E-state index in [0.717, 1.165) is 0 Å². The van der Waals surface area contributed by atoms with Crippen LogP contribution in [0.2, 0.25) is 0 Å². The van der Waals surface area contributed by atoms with Crippen molar-refractivity contribution in [3.05, 3.63) is 92.0 Å². The number of phenols is 2. The molecule has 2 N–H and O–H groups in total. The molecule has 30 heavy (non-hydrogen) atoms. The van der Waals surface area contributed by atoms with Crippen molar-refractivity contribution >= 4 is 55.3 Å². The standard InChI is InChI=1S/C22H12Br2O6/c23-14-8-11(3-5-16(14)25)19-18(10-13-2-1-7-29-13)30-22(28)20(19)21(27)12-4-6-17(26)15(24)9-12/h1-10,25-26H/b18-10-. The van der Waals surface area contributed by atoms with Crippen LogP contribution < -0.4 is 0 Å². The zero-order valence-corrected chi connectivity index (χ0v) is 18.2. The normalized spacial score (nSPS) is 15.0. The molecule has 0 aliphatic carbocycles. The van der Waals surface area contributed by atoms with Gasteiger partial charge in [0.05, 0.1) is 15.2 Å². The second kappa shape index (κ2) is 7.97. The van der Waals surface area contributed by atoms with Gasteiger partial charge in [-0.05, 0) is 79.9 Å². The molecule has 8 heteroatoms. The van der Waals surface area contributed by atoms with Crippen molar-refractivity contribution in [3.63, 3.8) is 0 Å². The molecule has 1 aliphatic heterocycles. The third-order valence-electron chi connectivity index (χ3n) is 4.39. The Balaban J connectivity index is 1.93. The number of cyclic esters (lactones) is 1. The molecule has 1 aliphatic rings. The van der Waals surface area contributed by atoms with Gasteiger partial charge in [0.25, 0.3) is 0 Å². The first kappa shape index (κ1) is 20.2. The lowest BCUT2D eigenvalue weighted by atomic mass is 9.94. The van der Waals surface area contributed by atoms with Crippen molar-refractivity contribution in [2.75, 3.05) is 0 Å². The van der Waals surface area contributed by atoms with Gasteiger partial charge in [-0.2, -0.15) is 0 Å². The minimum absolute atomic E-state index is 0.0106. The smallest absolute Gasteiger partial charge is 0.348 e. The van der Waals surface area contributed by atoms with Crippen molar-refractivity contribution in [3.8, 4) is 11.5 Å². The molecule has 2 aromatic carbocycles. The fourth-order valence-corrected chi connectivity index (χ4v) is 3.74. The number of rotatable bonds is 4. The average molecular weight is 532 g/mol. The summed E-state index contributed by atoms with van der Waals surface area (Å²) in [5.74, 6) is -0.806. The molecule has 0 radical (unpaired) electrons. The van der Waals surface area contributed by atoms with E-state index in [0.29, 0.717) is 20.3 Å². The lowest BCUT2D eigenvalue weighted by Crippen LogP contribution is -2.11. The number of ketones is 1. The lowest BCUT2D eigenvalue weighted by molar-refractivity contribution is -0.132. The minimum atomic E-state index is -0.804. The predicted octanol–water partition coefficient (Wildman–Crippen LogP) is 5.45. The molecular weight excluding hydrogens is 520 g/mol. The highest BCUT2D eigenvalue weighted by Gasteiger charge is 2.36. The maximum absolute atomic E-state index is 13.2. The van der Waals surface area contributed by atoms with Crippen molar-refractivity contribution in [2.24, 2.45) is 0 Å². The molecule has 0 atom stereocenters. The van der Waals surface area contributed by atoms with Crippen LogP contribution in [-0.4, -0.2) is 22.0 Å². The third kappa shape index (κ3) is 3.71. The number of carbonyl (C=O) groups is 2. The van der Waals surface area contributed by atoms with Crippen LogP contribution in [-0.2, 0) is 9.53 Å². The summed E-state index contributed by atoms with van der Waals surface area (Å²) >= 11 is 6.43. The van der Waals surface area contributed by atoms with Crippen LogP contribution in [0.15, 0.2) is 79.5 Å². The molecule has 3 aromatic rings. The Bertz CT molecular complexity index is 1240. The number of ether oxygens (including phenoxy) is 1. The van der Waals surface area contributed by atoms with Gasteiger partial charge in [0, 0.05) is 17.2 Å². The van der Waals surface area contributed by atoms with E-state index < -0.39 is 11.8 Å². The van der Waals surface area contributed by atoms with E-state index in [1.54, 1.807) is 24.3 Å². The number of esters is 1. The molecule has 0 amide bonds. The Labute approximate surface area is 187 Å². The molecule has 0 bridgehead atoms. The summed E-state index contributed by atoms with van der Waals surface area (Å²) < 4.78 is 11.4. The Kier molecular flexibility index (Phi) is 5.36. The topological polar surface area (TPSA) is 97.0 Å². The number of carbonyl (C=O) groups excluding carboxylic acids is 2. The van der Waals surface area contributed by atoms with E-state index in [1.165, 1.54) is 36.6 Å². The molecule has 150 valence electrons. The molecule has 0 saturated carbocycles. The molecule has 4 rings (SSSR count).